The molecular weight excluding hydrogens is 360 g/mol. The third-order valence-electron chi connectivity index (χ3n) is 5.44. The second-order valence-electron chi connectivity index (χ2n) is 7.66. The fourth-order valence-corrected chi connectivity index (χ4v) is 3.43. The average molecular weight is 390 g/mol. The second-order valence-corrected chi connectivity index (χ2v) is 7.66. The summed E-state index contributed by atoms with van der Waals surface area (Å²) in [5, 5.41) is 1.43. The van der Waals surface area contributed by atoms with Crippen molar-refractivity contribution < 1.29 is 19.3 Å². The van der Waals surface area contributed by atoms with Crippen molar-refractivity contribution in [2.75, 3.05) is 26.7 Å². The molecule has 8 heteroatoms. The Balaban J connectivity index is 1.47. The van der Waals surface area contributed by atoms with E-state index in [2.05, 4.69) is 24.2 Å². The first-order valence-corrected chi connectivity index (χ1v) is 9.86. The number of carbonyl (C=O) groups is 2. The largest absolute Gasteiger partial charge is 0.345 e. The smallest absolute Gasteiger partial charge is 0.309 e. The van der Waals surface area contributed by atoms with E-state index in [0.29, 0.717) is 38.8 Å². The van der Waals surface area contributed by atoms with Gasteiger partial charge in [0.1, 0.15) is 12.6 Å². The van der Waals surface area contributed by atoms with Gasteiger partial charge in [0.25, 0.3) is 5.91 Å². The van der Waals surface area contributed by atoms with Crippen LogP contribution in [0.5, 0.6) is 0 Å². The summed E-state index contributed by atoms with van der Waals surface area (Å²) in [6.07, 6.45) is 1.33. The molecule has 0 aliphatic carbocycles. The predicted octanol–water partition coefficient (Wildman–Crippen LogP) is 1.77. The van der Waals surface area contributed by atoms with Gasteiger partial charge in [0.15, 0.2) is 0 Å². The number of fused-ring (bicyclic) bond motifs is 2. The molecule has 154 valence electrons. The van der Waals surface area contributed by atoms with E-state index in [1.807, 2.05) is 37.4 Å². The molecule has 0 unspecified atom stereocenters. The minimum atomic E-state index is -0.517. The molecule has 3 amide bonds. The summed E-state index contributed by atoms with van der Waals surface area (Å²) < 4.78 is 0. The Hall–Kier alpha value is -2.16. The second kappa shape index (κ2) is 9.36. The number of amides is 3. The lowest BCUT2D eigenvalue weighted by Crippen LogP contribution is -2.50. The fourth-order valence-electron chi connectivity index (χ4n) is 3.43. The molecule has 0 radical (unpaired) electrons. The highest BCUT2D eigenvalue weighted by Crippen LogP contribution is 2.30. The van der Waals surface area contributed by atoms with Gasteiger partial charge in [-0.25, -0.2) is 10.3 Å². The zero-order valence-corrected chi connectivity index (χ0v) is 16.8. The molecule has 2 aliphatic rings. The fraction of sp³-hybridized carbons (Fsp3) is 0.600. The number of hydroxylamine groups is 3. The third kappa shape index (κ3) is 4.81. The number of hydrogen-bond acceptors (Lipinski definition) is 5. The molecule has 8 nitrogen and oxygen atoms in total. The van der Waals surface area contributed by atoms with Gasteiger partial charge < -0.3 is 9.80 Å². The van der Waals surface area contributed by atoms with E-state index < -0.39 is 6.04 Å². The number of rotatable bonds is 9. The lowest BCUT2D eigenvalue weighted by molar-refractivity contribution is -0.141. The Morgan fingerprint density at radius 3 is 2.75 bits per heavy atom. The Labute approximate surface area is 166 Å². The maximum Gasteiger partial charge on any atom is 0.345 e. The van der Waals surface area contributed by atoms with Crippen LogP contribution in [0.1, 0.15) is 32.3 Å². The topological polar surface area (TPSA) is 74.4 Å². The molecular formula is C20H30N4O4. The molecule has 2 atom stereocenters. The van der Waals surface area contributed by atoms with Crippen molar-refractivity contribution in [3.8, 4) is 0 Å². The van der Waals surface area contributed by atoms with E-state index in [9.17, 15) is 9.59 Å². The molecule has 0 spiro atoms. The SMILES string of the molecule is CC(C)N(C)CCONC(=O)[C@@H]1CC[C@@H]2CN1C(=O)N2OCc1ccccc1. The van der Waals surface area contributed by atoms with Crippen LogP contribution in [0.2, 0.25) is 0 Å². The standard InChI is InChI=1S/C20H30N4O4/c1-15(2)22(3)11-12-27-21-19(25)18-10-9-17-13-23(18)20(26)24(17)28-14-16-7-5-4-6-8-16/h4-8,15,17-18H,9-14H2,1-3H3,(H,21,25)/t17-,18+/m1/s1. The summed E-state index contributed by atoms with van der Waals surface area (Å²) in [7, 11) is 2.00. The van der Waals surface area contributed by atoms with Gasteiger partial charge in [-0.15, -0.1) is 0 Å². The number of benzene rings is 1. The van der Waals surface area contributed by atoms with Gasteiger partial charge >= 0.3 is 6.03 Å². The summed E-state index contributed by atoms with van der Waals surface area (Å²) in [5.41, 5.74) is 3.50. The summed E-state index contributed by atoms with van der Waals surface area (Å²) in [5.74, 6) is -0.274. The van der Waals surface area contributed by atoms with Crippen molar-refractivity contribution in [1.82, 2.24) is 20.3 Å². The molecule has 2 fully saturated rings. The molecule has 1 N–H and O–H groups in total. The zero-order chi connectivity index (χ0) is 20.1. The average Bonchev–Trinajstić information content (AvgIpc) is 2.94. The van der Waals surface area contributed by atoms with Crippen LogP contribution in [0.4, 0.5) is 4.79 Å². The Bertz CT molecular complexity index is 669. The lowest BCUT2D eigenvalue weighted by atomic mass is 10.0. The van der Waals surface area contributed by atoms with Crippen molar-refractivity contribution in [3.63, 3.8) is 0 Å². The van der Waals surface area contributed by atoms with Crippen molar-refractivity contribution in [1.29, 1.82) is 0 Å². The van der Waals surface area contributed by atoms with Crippen molar-refractivity contribution in [2.45, 2.75) is 51.4 Å². The zero-order valence-electron chi connectivity index (χ0n) is 16.8. The highest BCUT2D eigenvalue weighted by Gasteiger charge is 2.48. The minimum Gasteiger partial charge on any atom is -0.309 e. The number of likely N-dealkylation sites (N-methyl/N-ethyl adjacent to an activating group) is 1. The maximum absolute atomic E-state index is 12.7. The molecule has 2 heterocycles. The highest BCUT2D eigenvalue weighted by atomic mass is 16.7. The number of urea groups is 1. The van der Waals surface area contributed by atoms with Gasteiger partial charge in [-0.3, -0.25) is 14.5 Å². The molecule has 2 saturated heterocycles. The number of nitrogens with one attached hydrogen (secondary N) is 1. The van der Waals surface area contributed by atoms with Crippen LogP contribution >= 0.6 is 0 Å². The van der Waals surface area contributed by atoms with E-state index in [1.54, 1.807) is 4.90 Å². The normalized spacial score (nSPS) is 21.7. The molecule has 2 aliphatic heterocycles. The van der Waals surface area contributed by atoms with Gasteiger partial charge in [0.05, 0.1) is 12.6 Å². The molecule has 1 aromatic rings. The summed E-state index contributed by atoms with van der Waals surface area (Å²) >= 11 is 0. The quantitative estimate of drug-likeness (QED) is 0.514. The van der Waals surface area contributed by atoms with E-state index in [4.69, 9.17) is 9.68 Å². The van der Waals surface area contributed by atoms with E-state index in [1.165, 1.54) is 5.06 Å². The number of carbonyl (C=O) groups excluding carboxylic acids is 2. The van der Waals surface area contributed by atoms with Crippen LogP contribution in [0.15, 0.2) is 30.3 Å². The van der Waals surface area contributed by atoms with Gasteiger partial charge in [-0.2, -0.15) is 5.06 Å². The van der Waals surface area contributed by atoms with Crippen LogP contribution in [0.25, 0.3) is 0 Å². The summed E-state index contributed by atoms with van der Waals surface area (Å²) in [6, 6.07) is 9.36. The monoisotopic (exact) mass is 390 g/mol. The van der Waals surface area contributed by atoms with E-state index >= 15 is 0 Å². The van der Waals surface area contributed by atoms with Gasteiger partial charge in [-0.05, 0) is 39.3 Å². The van der Waals surface area contributed by atoms with Crippen LogP contribution in [0, 0.1) is 0 Å². The Morgan fingerprint density at radius 2 is 2.04 bits per heavy atom. The van der Waals surface area contributed by atoms with Gasteiger partial charge in [-0.1, -0.05) is 30.3 Å². The van der Waals surface area contributed by atoms with Crippen molar-refractivity contribution in [2.24, 2.45) is 0 Å². The molecule has 28 heavy (non-hydrogen) atoms. The first-order chi connectivity index (χ1) is 13.5. The van der Waals surface area contributed by atoms with Gasteiger partial charge in [0, 0.05) is 19.1 Å². The number of piperidine rings is 1. The Morgan fingerprint density at radius 1 is 1.29 bits per heavy atom. The lowest BCUT2D eigenvalue weighted by Gasteiger charge is -2.29. The van der Waals surface area contributed by atoms with Gasteiger partial charge in [0.2, 0.25) is 0 Å². The molecule has 0 aromatic heterocycles. The number of hydrogen-bond donors (Lipinski definition) is 1. The maximum atomic E-state index is 12.7. The highest BCUT2D eigenvalue weighted by molar-refractivity contribution is 5.88. The van der Waals surface area contributed by atoms with Crippen molar-refractivity contribution in [3.05, 3.63) is 35.9 Å². The Kier molecular flexibility index (Phi) is 6.88. The first kappa shape index (κ1) is 20.6. The molecule has 1 aromatic carbocycles. The first-order valence-electron chi connectivity index (χ1n) is 9.86. The van der Waals surface area contributed by atoms with Crippen LogP contribution in [-0.4, -0.2) is 71.7 Å². The minimum absolute atomic E-state index is 0.0131. The summed E-state index contributed by atoms with van der Waals surface area (Å²) in [6.45, 7) is 6.15. The summed E-state index contributed by atoms with van der Waals surface area (Å²) in [4.78, 5) is 40.0. The van der Waals surface area contributed by atoms with E-state index in [-0.39, 0.29) is 18.0 Å². The van der Waals surface area contributed by atoms with Crippen LogP contribution in [0.3, 0.4) is 0 Å². The third-order valence-corrected chi connectivity index (χ3v) is 5.44. The molecule has 0 saturated carbocycles. The van der Waals surface area contributed by atoms with Crippen LogP contribution in [-0.2, 0) is 21.1 Å². The number of nitrogens with zero attached hydrogens (tertiary/aromatic N) is 3. The van der Waals surface area contributed by atoms with Crippen molar-refractivity contribution >= 4 is 11.9 Å². The van der Waals surface area contributed by atoms with E-state index in [0.717, 1.165) is 12.0 Å². The molecule has 2 bridgehead atoms. The predicted molar refractivity (Wildman–Crippen MR) is 104 cm³/mol. The van der Waals surface area contributed by atoms with Crippen LogP contribution < -0.4 is 5.48 Å². The molecule has 3 rings (SSSR count).